The van der Waals surface area contributed by atoms with Crippen molar-refractivity contribution in [2.24, 2.45) is 0 Å². The lowest BCUT2D eigenvalue weighted by Gasteiger charge is -2.07. The summed E-state index contributed by atoms with van der Waals surface area (Å²) in [5.41, 5.74) is 12.6. The lowest BCUT2D eigenvalue weighted by atomic mass is 9.95. The van der Waals surface area contributed by atoms with Gasteiger partial charge in [-0.2, -0.15) is 0 Å². The van der Waals surface area contributed by atoms with Gasteiger partial charge in [-0.05, 0) is 69.3 Å². The molecule has 7 aromatic carbocycles. The minimum atomic E-state index is 0.854. The molecule has 2 nitrogen and oxygen atoms in total. The van der Waals surface area contributed by atoms with Gasteiger partial charge >= 0.3 is 0 Å². The topological polar surface area (TPSA) is 26.3 Å². The van der Waals surface area contributed by atoms with Gasteiger partial charge in [-0.1, -0.05) is 127 Å². The predicted octanol–water partition coefficient (Wildman–Crippen LogP) is 12.2. The number of fused-ring (bicyclic) bond motifs is 7. The van der Waals surface area contributed by atoms with E-state index in [2.05, 4.69) is 152 Å². The van der Waals surface area contributed by atoms with Crippen molar-refractivity contribution in [1.82, 2.24) is 0 Å². The molecule has 2 heteroatoms. The summed E-state index contributed by atoms with van der Waals surface area (Å²) in [6.45, 7) is 0. The first kappa shape index (κ1) is 24.7. The van der Waals surface area contributed by atoms with Crippen LogP contribution in [-0.4, -0.2) is 0 Å². The molecule has 0 aliphatic rings. The second kappa shape index (κ2) is 9.86. The minimum Gasteiger partial charge on any atom is -0.456 e. The largest absolute Gasteiger partial charge is 0.456 e. The first-order chi connectivity index (χ1) is 21.8. The molecule has 0 saturated heterocycles. The Labute approximate surface area is 254 Å². The first-order valence-corrected chi connectivity index (χ1v) is 14.9. The fraction of sp³-hybridized carbons (Fsp3) is 0. The zero-order chi connectivity index (χ0) is 29.0. The highest BCUT2D eigenvalue weighted by Gasteiger charge is 2.21. The highest BCUT2D eigenvalue weighted by molar-refractivity contribution is 6.28. The fourth-order valence-corrected chi connectivity index (χ4v) is 6.52. The Morgan fingerprint density at radius 3 is 1.30 bits per heavy atom. The first-order valence-electron chi connectivity index (χ1n) is 14.9. The van der Waals surface area contributed by atoms with Crippen molar-refractivity contribution in [3.05, 3.63) is 158 Å². The normalized spacial score (nSPS) is 11.6. The van der Waals surface area contributed by atoms with Gasteiger partial charge in [0.25, 0.3) is 0 Å². The molecule has 0 aliphatic carbocycles. The summed E-state index contributed by atoms with van der Waals surface area (Å²) in [7, 11) is 0. The highest BCUT2D eigenvalue weighted by Crippen LogP contribution is 2.46. The van der Waals surface area contributed by atoms with Crippen molar-refractivity contribution in [2.45, 2.75) is 0 Å². The summed E-state index contributed by atoms with van der Waals surface area (Å²) in [5, 5.41) is 4.34. The molecule has 0 saturated carbocycles. The molecule has 0 spiro atoms. The van der Waals surface area contributed by atoms with Crippen molar-refractivity contribution < 1.29 is 8.83 Å². The van der Waals surface area contributed by atoms with Crippen LogP contribution in [-0.2, 0) is 0 Å². The number of hydrogen-bond acceptors (Lipinski definition) is 2. The molecule has 0 atom stereocenters. The molecule has 0 aliphatic heterocycles. The van der Waals surface area contributed by atoms with Crippen molar-refractivity contribution >= 4 is 43.9 Å². The van der Waals surface area contributed by atoms with E-state index in [9.17, 15) is 0 Å². The summed E-state index contributed by atoms with van der Waals surface area (Å²) in [6.07, 6.45) is 0. The average molecular weight is 563 g/mol. The van der Waals surface area contributed by atoms with Crippen LogP contribution in [0.2, 0.25) is 0 Å². The van der Waals surface area contributed by atoms with E-state index in [-0.39, 0.29) is 0 Å². The fourth-order valence-electron chi connectivity index (χ4n) is 6.52. The van der Waals surface area contributed by atoms with Crippen molar-refractivity contribution in [1.29, 1.82) is 0 Å². The molecule has 2 aromatic heterocycles. The van der Waals surface area contributed by atoms with Crippen LogP contribution in [0.25, 0.3) is 88.4 Å². The van der Waals surface area contributed by atoms with Crippen LogP contribution in [0.1, 0.15) is 0 Å². The lowest BCUT2D eigenvalue weighted by molar-refractivity contribution is 0.664. The minimum absolute atomic E-state index is 0.854. The van der Waals surface area contributed by atoms with E-state index in [1.165, 1.54) is 22.3 Å². The van der Waals surface area contributed by atoms with Crippen molar-refractivity contribution in [2.75, 3.05) is 0 Å². The zero-order valence-electron chi connectivity index (χ0n) is 23.8. The molecule has 206 valence electrons. The summed E-state index contributed by atoms with van der Waals surface area (Å²) < 4.78 is 13.3. The van der Waals surface area contributed by atoms with E-state index in [0.717, 1.165) is 66.1 Å². The lowest BCUT2D eigenvalue weighted by Crippen LogP contribution is -1.83. The number of rotatable bonds is 4. The van der Waals surface area contributed by atoms with Gasteiger partial charge in [0.05, 0.1) is 0 Å². The Balaban J connectivity index is 1.34. The van der Waals surface area contributed by atoms with Crippen LogP contribution in [0.15, 0.2) is 167 Å². The van der Waals surface area contributed by atoms with Gasteiger partial charge in [-0.3, -0.25) is 0 Å². The van der Waals surface area contributed by atoms with Gasteiger partial charge in [-0.15, -0.1) is 0 Å². The molecule has 9 rings (SSSR count). The van der Waals surface area contributed by atoms with Crippen LogP contribution in [0, 0.1) is 0 Å². The van der Waals surface area contributed by atoms with Gasteiger partial charge in [0.15, 0.2) is 0 Å². The summed E-state index contributed by atoms with van der Waals surface area (Å²) in [4.78, 5) is 0. The predicted molar refractivity (Wildman–Crippen MR) is 183 cm³/mol. The number of benzene rings is 7. The molecule has 0 amide bonds. The molecular weight excluding hydrogens is 536 g/mol. The van der Waals surface area contributed by atoms with Gasteiger partial charge in [0.2, 0.25) is 0 Å². The molecular formula is C42H26O2. The number of hydrogen-bond donors (Lipinski definition) is 0. The van der Waals surface area contributed by atoms with E-state index in [1.54, 1.807) is 0 Å². The number of furan rings is 2. The third-order valence-corrected chi connectivity index (χ3v) is 8.69. The molecule has 0 unspecified atom stereocenters. The van der Waals surface area contributed by atoms with Crippen LogP contribution < -0.4 is 0 Å². The maximum atomic E-state index is 6.74. The van der Waals surface area contributed by atoms with Crippen LogP contribution in [0.4, 0.5) is 0 Å². The zero-order valence-corrected chi connectivity index (χ0v) is 23.8. The standard InChI is InChI=1S/C42H26O2/c1-4-10-27(11-5-1)30-16-18-31(19-17-30)34-26-39-40(35-24-32(20-22-37(35)43-39)28-12-6-2-7-13-28)41-36-25-33(29-14-8-3-9-15-29)21-23-38(36)44-42(34)41/h1-26H. The van der Waals surface area contributed by atoms with E-state index in [1.807, 2.05) is 6.07 Å². The van der Waals surface area contributed by atoms with E-state index >= 15 is 0 Å². The van der Waals surface area contributed by atoms with E-state index in [4.69, 9.17) is 8.83 Å². The van der Waals surface area contributed by atoms with E-state index < -0.39 is 0 Å². The molecule has 0 bridgehead atoms. The third kappa shape index (κ3) is 3.96. The summed E-state index contributed by atoms with van der Waals surface area (Å²) in [6, 6.07) is 55.4. The molecule has 0 N–H and O–H groups in total. The molecule has 44 heavy (non-hydrogen) atoms. The van der Waals surface area contributed by atoms with Gasteiger partial charge < -0.3 is 8.83 Å². The maximum absolute atomic E-state index is 6.74. The smallest absolute Gasteiger partial charge is 0.144 e. The van der Waals surface area contributed by atoms with Crippen molar-refractivity contribution in [3.8, 4) is 44.5 Å². The van der Waals surface area contributed by atoms with Crippen molar-refractivity contribution in [3.63, 3.8) is 0 Å². The molecule has 2 heterocycles. The second-order valence-corrected chi connectivity index (χ2v) is 11.3. The third-order valence-electron chi connectivity index (χ3n) is 8.69. The highest BCUT2D eigenvalue weighted by atomic mass is 16.3. The Hall–Kier alpha value is -5.86. The van der Waals surface area contributed by atoms with Crippen LogP contribution >= 0.6 is 0 Å². The summed E-state index contributed by atoms with van der Waals surface area (Å²) >= 11 is 0. The van der Waals surface area contributed by atoms with E-state index in [0.29, 0.717) is 0 Å². The van der Waals surface area contributed by atoms with Crippen LogP contribution in [0.3, 0.4) is 0 Å². The Morgan fingerprint density at radius 2 is 0.727 bits per heavy atom. The van der Waals surface area contributed by atoms with Gasteiger partial charge in [0.1, 0.15) is 22.3 Å². The van der Waals surface area contributed by atoms with Gasteiger partial charge in [0, 0.05) is 27.1 Å². The molecule has 9 aromatic rings. The second-order valence-electron chi connectivity index (χ2n) is 11.3. The Morgan fingerprint density at radius 1 is 0.295 bits per heavy atom. The Kier molecular flexibility index (Phi) is 5.54. The SMILES string of the molecule is c1ccc(-c2ccc(-c3cc4oc5ccc(-c6ccccc6)cc5c4c4c3oc3ccc(-c5ccccc5)cc34)cc2)cc1. The van der Waals surface area contributed by atoms with Crippen LogP contribution in [0.5, 0.6) is 0 Å². The monoisotopic (exact) mass is 562 g/mol. The van der Waals surface area contributed by atoms with Gasteiger partial charge in [-0.25, -0.2) is 0 Å². The maximum Gasteiger partial charge on any atom is 0.144 e. The quantitative estimate of drug-likeness (QED) is 0.213. The summed E-state index contributed by atoms with van der Waals surface area (Å²) in [5.74, 6) is 0. The molecule has 0 fully saturated rings. The average Bonchev–Trinajstić information content (AvgIpc) is 3.66. The Bertz CT molecular complexity index is 2450. The molecule has 0 radical (unpaired) electrons.